The lowest BCUT2D eigenvalue weighted by molar-refractivity contribution is 0.0927. The molecule has 2 N–H and O–H groups in total. The molecular formula is C18H24N2O. The highest BCUT2D eigenvalue weighted by atomic mass is 16.1. The van der Waals surface area contributed by atoms with Crippen LogP contribution in [0.25, 0.3) is 10.9 Å². The Morgan fingerprint density at radius 2 is 2.00 bits per heavy atom. The van der Waals surface area contributed by atoms with Crippen LogP contribution in [0.2, 0.25) is 0 Å². The van der Waals surface area contributed by atoms with Crippen LogP contribution in [-0.4, -0.2) is 16.9 Å². The van der Waals surface area contributed by atoms with Crippen LogP contribution in [0.4, 0.5) is 0 Å². The summed E-state index contributed by atoms with van der Waals surface area (Å²) in [5.74, 6) is 0.698. The molecule has 1 aliphatic carbocycles. The van der Waals surface area contributed by atoms with Gasteiger partial charge in [0, 0.05) is 28.2 Å². The lowest BCUT2D eigenvalue weighted by Gasteiger charge is -2.20. The van der Waals surface area contributed by atoms with Crippen LogP contribution in [0.1, 0.15) is 54.2 Å². The van der Waals surface area contributed by atoms with E-state index in [2.05, 4.69) is 31.1 Å². The molecule has 1 atom stereocenters. The summed E-state index contributed by atoms with van der Waals surface area (Å²) < 4.78 is 0. The number of benzene rings is 1. The molecule has 0 aliphatic heterocycles. The Morgan fingerprint density at radius 1 is 1.29 bits per heavy atom. The molecule has 21 heavy (non-hydrogen) atoms. The number of aryl methyl sites for hydroxylation is 2. The number of carbonyl (C=O) groups excluding carboxylic acids is 1. The molecule has 3 nitrogen and oxygen atoms in total. The Hall–Kier alpha value is -1.77. The van der Waals surface area contributed by atoms with Gasteiger partial charge in [0.2, 0.25) is 0 Å². The van der Waals surface area contributed by atoms with Crippen LogP contribution in [0.15, 0.2) is 18.2 Å². The van der Waals surface area contributed by atoms with Crippen molar-refractivity contribution in [2.75, 3.05) is 0 Å². The zero-order chi connectivity index (χ0) is 15.0. The normalized spacial score (nSPS) is 17.3. The number of H-pyrrole nitrogens is 1. The Morgan fingerprint density at radius 3 is 2.71 bits per heavy atom. The average molecular weight is 284 g/mol. The van der Waals surface area contributed by atoms with Crippen LogP contribution >= 0.6 is 0 Å². The number of carbonyl (C=O) groups is 1. The van der Waals surface area contributed by atoms with E-state index in [1.807, 2.05) is 18.2 Å². The maximum atomic E-state index is 12.5. The fourth-order valence-corrected chi connectivity index (χ4v) is 3.47. The van der Waals surface area contributed by atoms with E-state index in [0.717, 1.165) is 16.5 Å². The van der Waals surface area contributed by atoms with Gasteiger partial charge in [-0.25, -0.2) is 0 Å². The number of fused-ring (bicyclic) bond motifs is 1. The van der Waals surface area contributed by atoms with E-state index in [1.54, 1.807) is 0 Å². The van der Waals surface area contributed by atoms with Crippen LogP contribution in [-0.2, 0) is 0 Å². The molecule has 1 aromatic heterocycles. The van der Waals surface area contributed by atoms with Gasteiger partial charge in [-0.15, -0.1) is 0 Å². The summed E-state index contributed by atoms with van der Waals surface area (Å²) >= 11 is 0. The molecule has 1 saturated carbocycles. The van der Waals surface area contributed by atoms with Crippen molar-refractivity contribution >= 4 is 16.8 Å². The number of nitrogens with one attached hydrogen (secondary N) is 2. The summed E-state index contributed by atoms with van der Waals surface area (Å²) in [6.07, 6.45) is 5.10. The molecule has 0 spiro atoms. The molecule has 3 rings (SSSR count). The molecule has 1 amide bonds. The van der Waals surface area contributed by atoms with Gasteiger partial charge in [-0.05, 0) is 63.3 Å². The largest absolute Gasteiger partial charge is 0.358 e. The topological polar surface area (TPSA) is 44.9 Å². The van der Waals surface area contributed by atoms with E-state index >= 15 is 0 Å². The molecule has 1 unspecified atom stereocenters. The van der Waals surface area contributed by atoms with Crippen LogP contribution in [0, 0.1) is 19.8 Å². The summed E-state index contributed by atoms with van der Waals surface area (Å²) in [5.41, 5.74) is 4.25. The standard InChI is InChI=1S/C18H24N2O/c1-11-12(2)19-17-9-8-15(10-16(11)17)18(21)20-13(3)14-6-4-5-7-14/h8-10,13-14,19H,4-7H2,1-3H3,(H,20,21). The summed E-state index contributed by atoms with van der Waals surface area (Å²) in [7, 11) is 0. The zero-order valence-corrected chi connectivity index (χ0v) is 13.1. The van der Waals surface area contributed by atoms with Crippen LogP contribution in [0.3, 0.4) is 0 Å². The first kappa shape index (κ1) is 14.2. The van der Waals surface area contributed by atoms with Gasteiger partial charge >= 0.3 is 0 Å². The van der Waals surface area contributed by atoms with Crippen molar-refractivity contribution < 1.29 is 4.79 Å². The SMILES string of the molecule is Cc1[nH]c2ccc(C(=O)NC(C)C3CCCC3)cc2c1C. The number of rotatable bonds is 3. The van der Waals surface area contributed by atoms with Gasteiger partial charge in [0.15, 0.2) is 0 Å². The first-order valence-electron chi connectivity index (χ1n) is 7.96. The predicted molar refractivity (Wildman–Crippen MR) is 86.7 cm³/mol. The summed E-state index contributed by atoms with van der Waals surface area (Å²) in [4.78, 5) is 15.8. The van der Waals surface area contributed by atoms with Crippen molar-refractivity contribution in [3.63, 3.8) is 0 Å². The first-order valence-corrected chi connectivity index (χ1v) is 7.96. The third kappa shape index (κ3) is 2.69. The average Bonchev–Trinajstić information content (AvgIpc) is 3.08. The second kappa shape index (κ2) is 5.55. The van der Waals surface area contributed by atoms with Crippen molar-refractivity contribution in [1.82, 2.24) is 10.3 Å². The van der Waals surface area contributed by atoms with Gasteiger partial charge in [-0.2, -0.15) is 0 Å². The maximum Gasteiger partial charge on any atom is 0.251 e. The Labute approximate surface area is 126 Å². The third-order valence-corrected chi connectivity index (χ3v) is 5.04. The molecule has 1 aliphatic rings. The fraction of sp³-hybridized carbons (Fsp3) is 0.500. The number of hydrogen-bond donors (Lipinski definition) is 2. The number of aromatic nitrogens is 1. The Bertz CT molecular complexity index is 665. The molecule has 0 saturated heterocycles. The minimum atomic E-state index is 0.0505. The number of hydrogen-bond acceptors (Lipinski definition) is 1. The third-order valence-electron chi connectivity index (χ3n) is 5.04. The second-order valence-electron chi connectivity index (χ2n) is 6.44. The second-order valence-corrected chi connectivity index (χ2v) is 6.44. The molecular weight excluding hydrogens is 260 g/mol. The van der Waals surface area contributed by atoms with E-state index in [-0.39, 0.29) is 11.9 Å². The lowest BCUT2D eigenvalue weighted by Crippen LogP contribution is -2.37. The van der Waals surface area contributed by atoms with E-state index < -0.39 is 0 Å². The van der Waals surface area contributed by atoms with E-state index in [9.17, 15) is 4.79 Å². The van der Waals surface area contributed by atoms with Gasteiger partial charge in [0.25, 0.3) is 5.91 Å². The molecule has 3 heteroatoms. The summed E-state index contributed by atoms with van der Waals surface area (Å²) in [6, 6.07) is 6.19. The monoisotopic (exact) mass is 284 g/mol. The minimum absolute atomic E-state index is 0.0505. The van der Waals surface area contributed by atoms with E-state index in [4.69, 9.17) is 0 Å². The van der Waals surface area contributed by atoms with Crippen molar-refractivity contribution in [3.8, 4) is 0 Å². The Balaban J connectivity index is 1.79. The fourth-order valence-electron chi connectivity index (χ4n) is 3.47. The van der Waals surface area contributed by atoms with E-state index in [1.165, 1.54) is 36.9 Å². The van der Waals surface area contributed by atoms with E-state index in [0.29, 0.717) is 5.92 Å². The summed E-state index contributed by atoms with van der Waals surface area (Å²) in [6.45, 7) is 6.30. The minimum Gasteiger partial charge on any atom is -0.358 e. The quantitative estimate of drug-likeness (QED) is 0.876. The number of amides is 1. The van der Waals surface area contributed by atoms with Gasteiger partial charge in [-0.1, -0.05) is 12.8 Å². The van der Waals surface area contributed by atoms with Gasteiger partial charge in [0.05, 0.1) is 0 Å². The molecule has 1 fully saturated rings. The first-order chi connectivity index (χ1) is 10.1. The van der Waals surface area contributed by atoms with Gasteiger partial charge < -0.3 is 10.3 Å². The maximum absolute atomic E-state index is 12.5. The highest BCUT2D eigenvalue weighted by Gasteiger charge is 2.23. The molecule has 0 radical (unpaired) electrons. The smallest absolute Gasteiger partial charge is 0.251 e. The van der Waals surface area contributed by atoms with Crippen molar-refractivity contribution in [1.29, 1.82) is 0 Å². The number of aromatic amines is 1. The highest BCUT2D eigenvalue weighted by molar-refractivity contribution is 5.99. The molecule has 2 aromatic rings. The molecule has 112 valence electrons. The highest BCUT2D eigenvalue weighted by Crippen LogP contribution is 2.28. The Kier molecular flexibility index (Phi) is 3.75. The van der Waals surface area contributed by atoms with Crippen LogP contribution in [0.5, 0.6) is 0 Å². The van der Waals surface area contributed by atoms with Crippen LogP contribution < -0.4 is 5.32 Å². The molecule has 0 bridgehead atoms. The van der Waals surface area contributed by atoms with Crippen molar-refractivity contribution in [2.45, 2.75) is 52.5 Å². The predicted octanol–water partition coefficient (Wildman–Crippen LogP) is 4.09. The van der Waals surface area contributed by atoms with Crippen molar-refractivity contribution in [2.24, 2.45) is 5.92 Å². The van der Waals surface area contributed by atoms with Gasteiger partial charge in [0.1, 0.15) is 0 Å². The zero-order valence-electron chi connectivity index (χ0n) is 13.1. The van der Waals surface area contributed by atoms with Gasteiger partial charge in [-0.3, -0.25) is 4.79 Å². The lowest BCUT2D eigenvalue weighted by atomic mass is 9.99. The summed E-state index contributed by atoms with van der Waals surface area (Å²) in [5, 5.41) is 4.33. The molecule has 1 heterocycles. The molecule has 1 aromatic carbocycles. The van der Waals surface area contributed by atoms with Crippen molar-refractivity contribution in [3.05, 3.63) is 35.0 Å².